The number of hydrogen-bond donors (Lipinski definition) is 2. The number of nitrogens with one attached hydrogen (secondary N) is 2. The van der Waals surface area contributed by atoms with Gasteiger partial charge in [-0.15, -0.1) is 13.2 Å². The smallest absolute Gasteiger partial charge is 0.405 e. The van der Waals surface area contributed by atoms with Crippen molar-refractivity contribution in [3.05, 3.63) is 108 Å². The molecule has 4 aromatic rings. The molecule has 1 aromatic heterocycles. The summed E-state index contributed by atoms with van der Waals surface area (Å²) >= 11 is 0. The third-order valence-corrected chi connectivity index (χ3v) is 5.71. The number of ketones is 1. The van der Waals surface area contributed by atoms with Gasteiger partial charge in [0.25, 0.3) is 5.91 Å². The summed E-state index contributed by atoms with van der Waals surface area (Å²) in [6, 6.07) is 18.1. The monoisotopic (exact) mass is 492 g/mol. The minimum Gasteiger partial charge on any atom is -0.405 e. The molecule has 0 radical (unpaired) electrons. The van der Waals surface area contributed by atoms with Crippen LogP contribution in [0.2, 0.25) is 0 Å². The van der Waals surface area contributed by atoms with Crippen molar-refractivity contribution in [2.24, 2.45) is 0 Å². The van der Waals surface area contributed by atoms with E-state index in [1.165, 1.54) is 30.3 Å². The summed E-state index contributed by atoms with van der Waals surface area (Å²) in [5.74, 6) is -1.03. The molecule has 0 saturated heterocycles. The molecule has 1 aliphatic heterocycles. The molecule has 0 bridgehead atoms. The molecule has 2 heterocycles. The number of alkyl halides is 3. The lowest BCUT2D eigenvalue weighted by atomic mass is 10.0. The summed E-state index contributed by atoms with van der Waals surface area (Å²) in [4.78, 5) is 30.4. The SMILES string of the molecule is O=C(Nc1ccc(C(=O)C2Nc3ccccc3Cn3ccnc32)cc1)c1ccccc1OC(F)(F)F. The first-order chi connectivity index (χ1) is 17.3. The van der Waals surface area contributed by atoms with Gasteiger partial charge in [0.15, 0.2) is 5.78 Å². The third-order valence-electron chi connectivity index (χ3n) is 5.71. The lowest BCUT2D eigenvalue weighted by molar-refractivity contribution is -0.274. The van der Waals surface area contributed by atoms with Crippen molar-refractivity contribution < 1.29 is 27.5 Å². The van der Waals surface area contributed by atoms with E-state index in [0.29, 0.717) is 23.6 Å². The predicted octanol–water partition coefficient (Wildman–Crippen LogP) is 5.43. The van der Waals surface area contributed by atoms with Crippen LogP contribution in [0.3, 0.4) is 0 Å². The molecule has 0 saturated carbocycles. The predicted molar refractivity (Wildman–Crippen MR) is 126 cm³/mol. The van der Waals surface area contributed by atoms with Crippen molar-refractivity contribution in [1.29, 1.82) is 0 Å². The summed E-state index contributed by atoms with van der Waals surface area (Å²) in [7, 11) is 0. The molecule has 10 heteroatoms. The summed E-state index contributed by atoms with van der Waals surface area (Å²) < 4.78 is 43.9. The molecular formula is C26H19F3N4O3. The standard InChI is InChI=1S/C26H19F3N4O3/c27-26(28,29)36-21-8-4-2-6-19(21)25(35)31-18-11-9-16(10-12-18)23(34)22-24-30-13-14-33(24)15-17-5-1-3-7-20(17)32-22/h1-14,22,32H,15H2,(H,31,35). The molecule has 7 nitrogen and oxygen atoms in total. The van der Waals surface area contributed by atoms with Crippen molar-refractivity contribution in [1.82, 2.24) is 9.55 Å². The van der Waals surface area contributed by atoms with Crippen molar-refractivity contribution in [3.63, 3.8) is 0 Å². The number of carbonyl (C=O) groups excluding carboxylic acids is 2. The number of nitrogens with zero attached hydrogens (tertiary/aromatic N) is 2. The molecule has 182 valence electrons. The van der Waals surface area contributed by atoms with Gasteiger partial charge in [-0.2, -0.15) is 0 Å². The number of amides is 1. The fraction of sp³-hybridized carbons (Fsp3) is 0.115. The summed E-state index contributed by atoms with van der Waals surface area (Å²) in [5.41, 5.74) is 2.27. The van der Waals surface area contributed by atoms with Gasteiger partial charge in [-0.05, 0) is 48.0 Å². The fourth-order valence-corrected chi connectivity index (χ4v) is 4.05. The highest BCUT2D eigenvalue weighted by molar-refractivity contribution is 6.07. The Morgan fingerprint density at radius 2 is 1.72 bits per heavy atom. The van der Waals surface area contributed by atoms with Gasteiger partial charge in [0, 0.05) is 29.3 Å². The van der Waals surface area contributed by atoms with Gasteiger partial charge in [-0.25, -0.2) is 4.98 Å². The Bertz CT molecular complexity index is 1430. The van der Waals surface area contributed by atoms with E-state index >= 15 is 0 Å². The van der Waals surface area contributed by atoms with E-state index in [1.807, 2.05) is 35.0 Å². The maximum Gasteiger partial charge on any atom is 0.573 e. The Kier molecular flexibility index (Phi) is 5.93. The minimum absolute atomic E-state index is 0.221. The number of benzene rings is 3. The first-order valence-corrected chi connectivity index (χ1v) is 10.9. The van der Waals surface area contributed by atoms with E-state index in [9.17, 15) is 22.8 Å². The molecular weight excluding hydrogens is 473 g/mol. The lowest BCUT2D eigenvalue weighted by Crippen LogP contribution is -2.23. The number of carbonyl (C=O) groups is 2. The van der Waals surface area contributed by atoms with Crippen molar-refractivity contribution in [2.75, 3.05) is 10.6 Å². The molecule has 2 N–H and O–H groups in total. The number of anilines is 2. The first kappa shape index (κ1) is 23.2. The Hall–Kier alpha value is -4.60. The zero-order valence-corrected chi connectivity index (χ0v) is 18.6. The maximum atomic E-state index is 13.4. The molecule has 0 aliphatic carbocycles. The second kappa shape index (κ2) is 9.21. The number of Topliss-reactive ketones (excluding diaryl/α,β-unsaturated/α-hetero) is 1. The molecule has 1 aliphatic rings. The quantitative estimate of drug-likeness (QED) is 0.363. The van der Waals surface area contributed by atoms with Gasteiger partial charge in [0.05, 0.1) is 12.1 Å². The van der Waals surface area contributed by atoms with Crippen LogP contribution in [0.25, 0.3) is 0 Å². The van der Waals surface area contributed by atoms with Crippen LogP contribution in [0.15, 0.2) is 85.2 Å². The topological polar surface area (TPSA) is 85.3 Å². The van der Waals surface area contributed by atoms with Crippen molar-refractivity contribution in [2.45, 2.75) is 18.9 Å². The van der Waals surface area contributed by atoms with Crippen LogP contribution in [-0.4, -0.2) is 27.6 Å². The number of ether oxygens (including phenoxy) is 1. The van der Waals surface area contributed by atoms with Gasteiger partial charge in [0.1, 0.15) is 17.6 Å². The molecule has 1 atom stereocenters. The van der Waals surface area contributed by atoms with Crippen LogP contribution in [0.5, 0.6) is 5.75 Å². The van der Waals surface area contributed by atoms with Gasteiger partial charge in [-0.3, -0.25) is 9.59 Å². The van der Waals surface area contributed by atoms with Crippen LogP contribution in [0.4, 0.5) is 24.5 Å². The van der Waals surface area contributed by atoms with E-state index in [1.54, 1.807) is 18.3 Å². The second-order valence-corrected chi connectivity index (χ2v) is 8.09. The lowest BCUT2D eigenvalue weighted by Gasteiger charge is -2.17. The third kappa shape index (κ3) is 4.78. The summed E-state index contributed by atoms with van der Waals surface area (Å²) in [6.45, 7) is 0.576. The van der Waals surface area contributed by atoms with E-state index in [0.717, 1.165) is 17.3 Å². The Labute approximate surface area is 203 Å². The molecule has 5 rings (SSSR count). The average Bonchev–Trinajstić information content (AvgIpc) is 3.24. The molecule has 3 aromatic carbocycles. The highest BCUT2D eigenvalue weighted by atomic mass is 19.4. The number of halogens is 3. The zero-order valence-electron chi connectivity index (χ0n) is 18.6. The molecule has 1 amide bonds. The number of rotatable bonds is 5. The van der Waals surface area contributed by atoms with Crippen LogP contribution < -0.4 is 15.4 Å². The maximum absolute atomic E-state index is 13.4. The minimum atomic E-state index is -4.93. The fourth-order valence-electron chi connectivity index (χ4n) is 4.05. The largest absolute Gasteiger partial charge is 0.573 e. The molecule has 0 fully saturated rings. The van der Waals surface area contributed by atoms with E-state index < -0.39 is 24.1 Å². The molecule has 1 unspecified atom stereocenters. The van der Waals surface area contributed by atoms with Crippen molar-refractivity contribution >= 4 is 23.1 Å². The highest BCUT2D eigenvalue weighted by Gasteiger charge is 2.33. The van der Waals surface area contributed by atoms with Crippen LogP contribution in [0, 0.1) is 0 Å². The normalized spacial score (nSPS) is 14.6. The van der Waals surface area contributed by atoms with E-state index in [-0.39, 0.29) is 11.3 Å². The first-order valence-electron chi connectivity index (χ1n) is 10.9. The van der Waals surface area contributed by atoms with Crippen molar-refractivity contribution in [3.8, 4) is 5.75 Å². The van der Waals surface area contributed by atoms with Gasteiger partial charge >= 0.3 is 6.36 Å². The Morgan fingerprint density at radius 3 is 2.50 bits per heavy atom. The number of aromatic nitrogens is 2. The number of fused-ring (bicyclic) bond motifs is 2. The Morgan fingerprint density at radius 1 is 1.00 bits per heavy atom. The highest BCUT2D eigenvalue weighted by Crippen LogP contribution is 2.30. The molecule has 0 spiro atoms. The number of imidazole rings is 1. The average molecular weight is 492 g/mol. The van der Waals surface area contributed by atoms with Crippen LogP contribution >= 0.6 is 0 Å². The summed E-state index contributed by atoms with van der Waals surface area (Å²) in [5, 5.41) is 5.82. The number of hydrogen-bond acceptors (Lipinski definition) is 5. The second-order valence-electron chi connectivity index (χ2n) is 8.09. The Balaban J connectivity index is 1.35. The zero-order chi connectivity index (χ0) is 25.3. The van der Waals surface area contributed by atoms with E-state index in [2.05, 4.69) is 20.4 Å². The summed E-state index contributed by atoms with van der Waals surface area (Å²) in [6.07, 6.45) is -1.47. The van der Waals surface area contributed by atoms with Crippen LogP contribution in [-0.2, 0) is 6.54 Å². The van der Waals surface area contributed by atoms with E-state index in [4.69, 9.17) is 0 Å². The van der Waals surface area contributed by atoms with Gasteiger partial charge < -0.3 is 19.9 Å². The van der Waals surface area contributed by atoms with Gasteiger partial charge in [0.2, 0.25) is 0 Å². The number of para-hydroxylation sites is 2. The molecule has 36 heavy (non-hydrogen) atoms. The van der Waals surface area contributed by atoms with Crippen LogP contribution in [0.1, 0.15) is 38.1 Å². The van der Waals surface area contributed by atoms with Gasteiger partial charge in [-0.1, -0.05) is 30.3 Å².